The lowest BCUT2D eigenvalue weighted by atomic mass is 9.46. The number of hydrogen-bond acceptors (Lipinski definition) is 6. The maximum absolute atomic E-state index is 11.4. The quantitative estimate of drug-likeness (QED) is 0.297. The van der Waals surface area contributed by atoms with E-state index in [-0.39, 0.29) is 23.2 Å². The standard InChI is InChI=1S/C23H32O6/c1-5-23(28)18(26)11-14-19-13(6-9-22(14,23)4)21(3)8-7-17(29-12(2)24)20(27)15(21)10-16(19)25/h1,10,13-14,16-20,25-28H,6-9,11H2,2-4H3/t13-,14-,16-,17+,18+,19+,20+,21+,22-,23-/m0/s1. The van der Waals surface area contributed by atoms with Gasteiger partial charge in [0.1, 0.15) is 12.2 Å². The third-order valence-electron chi connectivity index (χ3n) is 8.93. The average Bonchev–Trinajstić information content (AvgIpc) is 2.86. The largest absolute Gasteiger partial charge is 0.459 e. The van der Waals surface area contributed by atoms with Gasteiger partial charge in [0.05, 0.1) is 12.2 Å². The minimum Gasteiger partial charge on any atom is -0.459 e. The number of fused-ring (bicyclic) bond motifs is 5. The number of hydrogen-bond donors (Lipinski definition) is 4. The van der Waals surface area contributed by atoms with Gasteiger partial charge in [0.25, 0.3) is 0 Å². The van der Waals surface area contributed by atoms with E-state index >= 15 is 0 Å². The predicted octanol–water partition coefficient (Wildman–Crippen LogP) is 1.16. The second-order valence-electron chi connectivity index (χ2n) is 10.1. The van der Waals surface area contributed by atoms with Crippen LogP contribution < -0.4 is 0 Å². The van der Waals surface area contributed by atoms with Crippen LogP contribution in [0.25, 0.3) is 0 Å². The second-order valence-corrected chi connectivity index (χ2v) is 10.1. The van der Waals surface area contributed by atoms with Crippen molar-refractivity contribution in [3.63, 3.8) is 0 Å². The number of aliphatic hydroxyl groups excluding tert-OH is 3. The lowest BCUT2D eigenvalue weighted by Gasteiger charge is -2.60. The van der Waals surface area contributed by atoms with Crippen molar-refractivity contribution < 1.29 is 30.0 Å². The number of esters is 1. The van der Waals surface area contributed by atoms with Crippen LogP contribution >= 0.6 is 0 Å². The SMILES string of the molecule is C#C[C@]1(O)[C@H](O)C[C@H]2[C@@H]3[C@@H](O)C=C4[C@@H](O)[C@H](OC(C)=O)CC[C@]4(C)[C@H]3CC[C@@]21C. The Kier molecular flexibility index (Phi) is 4.71. The predicted molar refractivity (Wildman–Crippen MR) is 105 cm³/mol. The van der Waals surface area contributed by atoms with E-state index in [0.717, 1.165) is 18.4 Å². The van der Waals surface area contributed by atoms with E-state index in [2.05, 4.69) is 12.8 Å². The van der Waals surface area contributed by atoms with E-state index in [9.17, 15) is 25.2 Å². The number of carbonyl (C=O) groups excluding carboxylic acids is 1. The Labute approximate surface area is 172 Å². The average molecular weight is 405 g/mol. The lowest BCUT2D eigenvalue weighted by Crippen LogP contribution is -2.60. The molecule has 0 aromatic heterocycles. The Bertz CT molecular complexity index is 785. The summed E-state index contributed by atoms with van der Waals surface area (Å²) in [5.41, 5.74) is -1.85. The molecule has 4 aliphatic rings. The summed E-state index contributed by atoms with van der Waals surface area (Å²) in [6.45, 7) is 5.39. The summed E-state index contributed by atoms with van der Waals surface area (Å²) in [6, 6.07) is 0. The minimum atomic E-state index is -1.60. The third-order valence-corrected chi connectivity index (χ3v) is 8.93. The Balaban J connectivity index is 1.72. The van der Waals surface area contributed by atoms with Gasteiger partial charge in [0, 0.05) is 12.3 Å². The zero-order valence-corrected chi connectivity index (χ0v) is 17.3. The van der Waals surface area contributed by atoms with Gasteiger partial charge in [0.2, 0.25) is 0 Å². The Morgan fingerprint density at radius 1 is 1.21 bits per heavy atom. The zero-order valence-electron chi connectivity index (χ0n) is 17.3. The molecule has 0 spiro atoms. The molecule has 0 saturated heterocycles. The molecular formula is C23H32O6. The van der Waals surface area contributed by atoms with E-state index in [1.54, 1.807) is 6.08 Å². The first-order chi connectivity index (χ1) is 13.5. The highest BCUT2D eigenvalue weighted by atomic mass is 16.6. The van der Waals surface area contributed by atoms with Crippen LogP contribution in [-0.4, -0.2) is 56.4 Å². The molecule has 4 rings (SSSR count). The summed E-state index contributed by atoms with van der Waals surface area (Å²) in [6.07, 6.45) is 7.07. The summed E-state index contributed by atoms with van der Waals surface area (Å²) in [5, 5.41) is 43.7. The molecule has 3 fully saturated rings. The maximum Gasteiger partial charge on any atom is 0.303 e. The number of rotatable bonds is 1. The smallest absolute Gasteiger partial charge is 0.303 e. The highest BCUT2D eigenvalue weighted by Gasteiger charge is 2.68. The highest BCUT2D eigenvalue weighted by Crippen LogP contribution is 2.67. The molecule has 0 amide bonds. The Morgan fingerprint density at radius 2 is 1.90 bits per heavy atom. The fourth-order valence-corrected chi connectivity index (χ4v) is 7.30. The molecule has 0 aromatic rings. The van der Waals surface area contributed by atoms with Crippen LogP contribution in [0.3, 0.4) is 0 Å². The van der Waals surface area contributed by atoms with Crippen molar-refractivity contribution in [1.82, 2.24) is 0 Å². The van der Waals surface area contributed by atoms with E-state index < -0.39 is 41.4 Å². The van der Waals surface area contributed by atoms with Crippen LogP contribution in [0.15, 0.2) is 11.6 Å². The molecule has 3 saturated carbocycles. The summed E-state index contributed by atoms with van der Waals surface area (Å²) >= 11 is 0. The van der Waals surface area contributed by atoms with Crippen LogP contribution in [-0.2, 0) is 9.53 Å². The molecule has 29 heavy (non-hydrogen) atoms. The molecule has 0 heterocycles. The second kappa shape index (κ2) is 6.55. The minimum absolute atomic E-state index is 0.0934. The molecule has 6 nitrogen and oxygen atoms in total. The van der Waals surface area contributed by atoms with Crippen molar-refractivity contribution in [3.05, 3.63) is 11.6 Å². The van der Waals surface area contributed by atoms with Crippen molar-refractivity contribution in [2.45, 2.75) is 82.9 Å². The summed E-state index contributed by atoms with van der Waals surface area (Å²) in [4.78, 5) is 11.4. The van der Waals surface area contributed by atoms with Crippen molar-refractivity contribution in [2.75, 3.05) is 0 Å². The fraction of sp³-hybridized carbons (Fsp3) is 0.783. The third kappa shape index (κ3) is 2.61. The Morgan fingerprint density at radius 3 is 2.52 bits per heavy atom. The molecule has 0 unspecified atom stereocenters. The summed E-state index contributed by atoms with van der Waals surface area (Å²) in [5.74, 6) is 1.85. The van der Waals surface area contributed by atoms with Gasteiger partial charge < -0.3 is 25.2 Å². The van der Waals surface area contributed by atoms with Crippen molar-refractivity contribution in [3.8, 4) is 12.3 Å². The Hall–Kier alpha value is -1.39. The lowest BCUT2D eigenvalue weighted by molar-refractivity contribution is -0.161. The molecule has 160 valence electrons. The van der Waals surface area contributed by atoms with E-state index in [0.29, 0.717) is 19.3 Å². The molecule has 0 radical (unpaired) electrons. The monoisotopic (exact) mass is 404 g/mol. The first kappa shape index (κ1) is 20.9. The molecule has 4 aliphatic carbocycles. The molecule has 0 aliphatic heterocycles. The fourth-order valence-electron chi connectivity index (χ4n) is 7.30. The maximum atomic E-state index is 11.4. The van der Waals surface area contributed by atoms with Gasteiger partial charge in [0.15, 0.2) is 5.60 Å². The van der Waals surface area contributed by atoms with Gasteiger partial charge in [-0.05, 0) is 60.8 Å². The van der Waals surface area contributed by atoms with Crippen molar-refractivity contribution >= 4 is 5.97 Å². The van der Waals surface area contributed by atoms with Crippen LogP contribution in [0.2, 0.25) is 0 Å². The number of aliphatic hydroxyl groups is 4. The van der Waals surface area contributed by atoms with Crippen LogP contribution in [0, 0.1) is 40.9 Å². The molecule has 6 heteroatoms. The van der Waals surface area contributed by atoms with Crippen molar-refractivity contribution in [2.24, 2.45) is 28.6 Å². The number of ether oxygens (including phenoxy) is 1. The molecule has 4 N–H and O–H groups in total. The van der Waals surface area contributed by atoms with Gasteiger partial charge in [-0.25, -0.2) is 0 Å². The summed E-state index contributed by atoms with van der Waals surface area (Å²) in [7, 11) is 0. The normalized spacial score (nSPS) is 53.7. The van der Waals surface area contributed by atoms with Crippen molar-refractivity contribution in [1.29, 1.82) is 0 Å². The summed E-state index contributed by atoms with van der Waals surface area (Å²) < 4.78 is 5.31. The molecule has 10 atom stereocenters. The van der Waals surface area contributed by atoms with Crippen LogP contribution in [0.4, 0.5) is 0 Å². The van der Waals surface area contributed by atoms with Gasteiger partial charge in [-0.2, -0.15) is 0 Å². The van der Waals surface area contributed by atoms with Gasteiger partial charge in [-0.1, -0.05) is 25.8 Å². The molecular weight excluding hydrogens is 372 g/mol. The molecule has 0 aromatic carbocycles. The van der Waals surface area contributed by atoms with Gasteiger partial charge in [-0.3, -0.25) is 4.79 Å². The van der Waals surface area contributed by atoms with E-state index in [1.807, 2.05) is 6.92 Å². The molecule has 0 bridgehead atoms. The van der Waals surface area contributed by atoms with Gasteiger partial charge >= 0.3 is 5.97 Å². The van der Waals surface area contributed by atoms with Gasteiger partial charge in [-0.15, -0.1) is 6.42 Å². The van der Waals surface area contributed by atoms with Crippen LogP contribution in [0.5, 0.6) is 0 Å². The first-order valence-corrected chi connectivity index (χ1v) is 10.6. The number of terminal acetylenes is 1. The number of carbonyl (C=O) groups is 1. The van der Waals surface area contributed by atoms with Crippen LogP contribution in [0.1, 0.15) is 52.9 Å². The first-order valence-electron chi connectivity index (χ1n) is 10.6. The van der Waals surface area contributed by atoms with E-state index in [1.165, 1.54) is 6.92 Å². The van der Waals surface area contributed by atoms with E-state index in [4.69, 9.17) is 11.2 Å². The highest BCUT2D eigenvalue weighted by molar-refractivity contribution is 5.66. The zero-order chi connectivity index (χ0) is 21.4. The topological polar surface area (TPSA) is 107 Å².